The first kappa shape index (κ1) is 15.3. The number of benzene rings is 2. The minimum absolute atomic E-state index is 0.000952. The van der Waals surface area contributed by atoms with Crippen molar-refractivity contribution < 1.29 is 12.8 Å². The van der Waals surface area contributed by atoms with Crippen molar-refractivity contribution in [2.24, 2.45) is 0 Å². The molecule has 0 saturated heterocycles. The van der Waals surface area contributed by atoms with Gasteiger partial charge in [-0.3, -0.25) is 0 Å². The van der Waals surface area contributed by atoms with Crippen molar-refractivity contribution in [2.75, 3.05) is 5.73 Å². The maximum atomic E-state index is 13.2. The van der Waals surface area contributed by atoms with E-state index in [-0.39, 0.29) is 21.2 Å². The van der Waals surface area contributed by atoms with Gasteiger partial charge in [-0.2, -0.15) is 0 Å². The molecule has 0 fully saturated rings. The zero-order valence-corrected chi connectivity index (χ0v) is 13.3. The molecule has 0 aromatic heterocycles. The summed E-state index contributed by atoms with van der Waals surface area (Å²) in [6, 6.07) is 8.09. The fourth-order valence-electron chi connectivity index (χ4n) is 1.74. The molecule has 2 rings (SSSR count). The van der Waals surface area contributed by atoms with Crippen LogP contribution in [0.25, 0.3) is 0 Å². The molecule has 7 heteroatoms. The first-order valence-corrected chi connectivity index (χ1v) is 8.33. The molecular formula is C13H10BrClFNO2S. The maximum absolute atomic E-state index is 13.2. The van der Waals surface area contributed by atoms with Gasteiger partial charge in [0.1, 0.15) is 5.82 Å². The Morgan fingerprint density at radius 1 is 1.20 bits per heavy atom. The van der Waals surface area contributed by atoms with Gasteiger partial charge in [0.15, 0.2) is 9.84 Å². The van der Waals surface area contributed by atoms with Crippen LogP contribution in [0.1, 0.15) is 5.56 Å². The van der Waals surface area contributed by atoms with Crippen LogP contribution in [0.15, 0.2) is 45.8 Å². The average molecular weight is 379 g/mol. The van der Waals surface area contributed by atoms with Crippen molar-refractivity contribution in [1.82, 2.24) is 0 Å². The second kappa shape index (κ2) is 5.71. The Kier molecular flexibility index (Phi) is 4.36. The van der Waals surface area contributed by atoms with E-state index in [1.807, 2.05) is 0 Å². The van der Waals surface area contributed by atoms with Crippen LogP contribution in [0.5, 0.6) is 0 Å². The minimum atomic E-state index is -3.70. The minimum Gasteiger partial charge on any atom is -0.398 e. The lowest BCUT2D eigenvalue weighted by molar-refractivity contribution is 0.595. The van der Waals surface area contributed by atoms with Crippen molar-refractivity contribution in [3.8, 4) is 0 Å². The van der Waals surface area contributed by atoms with E-state index < -0.39 is 21.4 Å². The predicted octanol–water partition coefficient (Wildman–Crippen LogP) is 3.80. The molecule has 0 aliphatic heterocycles. The quantitative estimate of drug-likeness (QED) is 0.827. The predicted molar refractivity (Wildman–Crippen MR) is 80.9 cm³/mol. The first-order chi connectivity index (χ1) is 9.29. The summed E-state index contributed by atoms with van der Waals surface area (Å²) in [5, 5.41) is 0.200. The van der Waals surface area contributed by atoms with Crippen LogP contribution in [-0.2, 0) is 15.6 Å². The summed E-state index contributed by atoms with van der Waals surface area (Å²) >= 11 is 9.09. The Hall–Kier alpha value is -1.11. The van der Waals surface area contributed by atoms with Gasteiger partial charge in [0, 0.05) is 9.50 Å². The lowest BCUT2D eigenvalue weighted by Gasteiger charge is -2.09. The van der Waals surface area contributed by atoms with Crippen LogP contribution >= 0.6 is 27.5 Å². The SMILES string of the molecule is Nc1cc(Br)ccc1S(=O)(=O)Cc1cc(F)ccc1Cl. The Morgan fingerprint density at radius 3 is 2.55 bits per heavy atom. The monoisotopic (exact) mass is 377 g/mol. The molecule has 0 spiro atoms. The number of rotatable bonds is 3. The molecule has 0 aliphatic carbocycles. The Morgan fingerprint density at radius 2 is 1.90 bits per heavy atom. The molecule has 0 aliphatic rings. The molecule has 0 heterocycles. The van der Waals surface area contributed by atoms with E-state index in [2.05, 4.69) is 15.9 Å². The van der Waals surface area contributed by atoms with Gasteiger partial charge >= 0.3 is 0 Å². The fourth-order valence-corrected chi connectivity index (χ4v) is 3.88. The third kappa shape index (κ3) is 3.31. The second-order valence-electron chi connectivity index (χ2n) is 4.18. The van der Waals surface area contributed by atoms with E-state index in [1.54, 1.807) is 6.07 Å². The van der Waals surface area contributed by atoms with E-state index in [9.17, 15) is 12.8 Å². The number of hydrogen-bond donors (Lipinski definition) is 1. The highest BCUT2D eigenvalue weighted by atomic mass is 79.9. The van der Waals surface area contributed by atoms with Crippen molar-refractivity contribution in [3.05, 3.63) is 57.3 Å². The van der Waals surface area contributed by atoms with Crippen LogP contribution in [0.2, 0.25) is 5.02 Å². The number of hydrogen-bond acceptors (Lipinski definition) is 3. The van der Waals surface area contributed by atoms with E-state index in [1.165, 1.54) is 24.3 Å². The van der Waals surface area contributed by atoms with Gasteiger partial charge in [-0.05, 0) is 42.0 Å². The zero-order chi connectivity index (χ0) is 14.9. The maximum Gasteiger partial charge on any atom is 0.184 e. The zero-order valence-electron chi connectivity index (χ0n) is 10.1. The van der Waals surface area contributed by atoms with Gasteiger partial charge in [0.05, 0.1) is 16.3 Å². The molecule has 2 N–H and O–H groups in total. The molecule has 0 unspecified atom stereocenters. The largest absolute Gasteiger partial charge is 0.398 e. The topological polar surface area (TPSA) is 60.2 Å². The standard InChI is InChI=1S/C13H10BrClFNO2S/c14-9-1-4-13(12(17)6-9)20(18,19)7-8-5-10(16)2-3-11(8)15/h1-6H,7,17H2. The molecule has 0 saturated carbocycles. The van der Waals surface area contributed by atoms with Crippen molar-refractivity contribution in [1.29, 1.82) is 0 Å². The van der Waals surface area contributed by atoms with E-state index in [0.29, 0.717) is 4.47 Å². The van der Waals surface area contributed by atoms with Crippen LogP contribution < -0.4 is 5.73 Å². The number of nitrogen functional groups attached to an aromatic ring is 1. The fraction of sp³-hybridized carbons (Fsp3) is 0.0769. The Bertz CT molecular complexity index is 765. The molecule has 20 heavy (non-hydrogen) atoms. The number of halogens is 3. The highest BCUT2D eigenvalue weighted by molar-refractivity contribution is 9.10. The lowest BCUT2D eigenvalue weighted by Crippen LogP contribution is -2.08. The summed E-state index contributed by atoms with van der Waals surface area (Å²) in [5.74, 6) is -0.946. The van der Waals surface area contributed by atoms with Crippen molar-refractivity contribution >= 4 is 43.1 Å². The van der Waals surface area contributed by atoms with Gasteiger partial charge in [-0.15, -0.1) is 0 Å². The van der Waals surface area contributed by atoms with Crippen molar-refractivity contribution in [3.63, 3.8) is 0 Å². The van der Waals surface area contributed by atoms with Crippen LogP contribution in [0.3, 0.4) is 0 Å². The van der Waals surface area contributed by atoms with Gasteiger partial charge < -0.3 is 5.73 Å². The summed E-state index contributed by atoms with van der Waals surface area (Å²) in [7, 11) is -3.70. The Labute approximate surface area is 129 Å². The number of sulfone groups is 1. The Balaban J connectivity index is 2.43. The third-order valence-corrected chi connectivity index (χ3v) is 5.26. The molecule has 0 bridgehead atoms. The second-order valence-corrected chi connectivity index (χ2v) is 7.46. The van der Waals surface area contributed by atoms with E-state index in [0.717, 1.165) is 6.07 Å². The lowest BCUT2D eigenvalue weighted by atomic mass is 10.2. The summed E-state index contributed by atoms with van der Waals surface area (Å²) in [6.07, 6.45) is 0. The summed E-state index contributed by atoms with van der Waals surface area (Å²) in [5.41, 5.74) is 6.05. The third-order valence-electron chi connectivity index (χ3n) is 2.66. The number of anilines is 1. The van der Waals surface area contributed by atoms with Crippen molar-refractivity contribution in [2.45, 2.75) is 10.6 Å². The number of nitrogens with two attached hydrogens (primary N) is 1. The molecule has 2 aromatic carbocycles. The summed E-state index contributed by atoms with van der Waals surface area (Å²) in [6.45, 7) is 0. The normalized spacial score (nSPS) is 11.6. The van der Waals surface area contributed by atoms with Crippen LogP contribution in [-0.4, -0.2) is 8.42 Å². The van der Waals surface area contributed by atoms with E-state index in [4.69, 9.17) is 17.3 Å². The van der Waals surface area contributed by atoms with E-state index >= 15 is 0 Å². The molecule has 3 nitrogen and oxygen atoms in total. The molecule has 2 aromatic rings. The van der Waals surface area contributed by atoms with Crippen LogP contribution in [0, 0.1) is 5.82 Å². The highest BCUT2D eigenvalue weighted by Crippen LogP contribution is 2.28. The van der Waals surface area contributed by atoms with Gasteiger partial charge in [-0.25, -0.2) is 12.8 Å². The highest BCUT2D eigenvalue weighted by Gasteiger charge is 2.20. The molecule has 106 valence electrons. The molecule has 0 radical (unpaired) electrons. The summed E-state index contributed by atoms with van der Waals surface area (Å²) in [4.78, 5) is 0.000952. The smallest absolute Gasteiger partial charge is 0.184 e. The molecular weight excluding hydrogens is 369 g/mol. The van der Waals surface area contributed by atoms with Crippen LogP contribution in [0.4, 0.5) is 10.1 Å². The van der Waals surface area contributed by atoms with Gasteiger partial charge in [0.25, 0.3) is 0 Å². The van der Waals surface area contributed by atoms with Gasteiger partial charge in [-0.1, -0.05) is 27.5 Å². The van der Waals surface area contributed by atoms with Gasteiger partial charge in [0.2, 0.25) is 0 Å². The molecule has 0 atom stereocenters. The summed E-state index contributed by atoms with van der Waals surface area (Å²) < 4.78 is 38.5. The first-order valence-electron chi connectivity index (χ1n) is 5.51. The average Bonchev–Trinajstić information content (AvgIpc) is 2.33. The molecule has 0 amide bonds.